The van der Waals surface area contributed by atoms with Gasteiger partial charge in [0, 0.05) is 6.42 Å². The molecule has 2 aromatic rings. The van der Waals surface area contributed by atoms with E-state index >= 15 is 0 Å². The Kier molecular flexibility index (Phi) is 3.34. The quantitative estimate of drug-likeness (QED) is 0.922. The normalized spacial score (nSPS) is 11.9. The first kappa shape index (κ1) is 13.0. The summed E-state index contributed by atoms with van der Waals surface area (Å²) in [5, 5.41) is 9.69. The highest BCUT2D eigenvalue weighted by Gasteiger charge is 2.24. The van der Waals surface area contributed by atoms with Gasteiger partial charge in [-0.05, 0) is 23.6 Å². The van der Waals surface area contributed by atoms with Crippen LogP contribution < -0.4 is 0 Å². The third-order valence-electron chi connectivity index (χ3n) is 2.65. The van der Waals surface area contributed by atoms with Crippen LogP contribution in [-0.2, 0) is 11.2 Å². The van der Waals surface area contributed by atoms with Crippen molar-refractivity contribution in [3.05, 3.63) is 29.0 Å². The number of fused-ring (bicyclic) bond motifs is 1. The number of hydrogen-bond acceptors (Lipinski definition) is 3. The molecule has 0 saturated heterocycles. The van der Waals surface area contributed by atoms with Crippen molar-refractivity contribution in [3.63, 3.8) is 0 Å². The van der Waals surface area contributed by atoms with Crippen molar-refractivity contribution in [2.45, 2.75) is 26.7 Å². The summed E-state index contributed by atoms with van der Waals surface area (Å²) >= 11 is 1.42. The average Bonchev–Trinajstić information content (AvgIpc) is 2.55. The lowest BCUT2D eigenvalue weighted by atomic mass is 9.86. The van der Waals surface area contributed by atoms with E-state index in [9.17, 15) is 9.18 Å². The number of halogens is 1. The monoisotopic (exact) mass is 267 g/mol. The lowest BCUT2D eigenvalue weighted by Gasteiger charge is -2.20. The van der Waals surface area contributed by atoms with Crippen LogP contribution >= 0.6 is 11.3 Å². The number of thiazole rings is 1. The SMILES string of the molecule is CC(C)(CC(=O)O)Cc1nc2ccc(F)cc2s1. The molecule has 5 heteroatoms. The largest absolute Gasteiger partial charge is 0.481 e. The first-order valence-corrected chi connectivity index (χ1v) is 6.44. The fourth-order valence-corrected chi connectivity index (χ4v) is 3.15. The molecule has 1 aromatic carbocycles. The second-order valence-electron chi connectivity index (χ2n) is 5.13. The molecule has 0 fully saturated rings. The number of carboxylic acid groups (broad SMARTS) is 1. The van der Waals surface area contributed by atoms with Gasteiger partial charge >= 0.3 is 5.97 Å². The molecule has 96 valence electrons. The molecule has 1 N–H and O–H groups in total. The lowest BCUT2D eigenvalue weighted by Crippen LogP contribution is -2.19. The Labute approximate surface area is 108 Å². The van der Waals surface area contributed by atoms with Gasteiger partial charge in [0.25, 0.3) is 0 Å². The molecule has 2 rings (SSSR count). The average molecular weight is 267 g/mol. The van der Waals surface area contributed by atoms with Gasteiger partial charge in [0.2, 0.25) is 0 Å². The number of nitrogens with zero attached hydrogens (tertiary/aromatic N) is 1. The number of carbonyl (C=O) groups is 1. The molecular formula is C13H14FNO2S. The third-order valence-corrected chi connectivity index (χ3v) is 3.67. The maximum atomic E-state index is 13.1. The second kappa shape index (κ2) is 4.65. The molecule has 3 nitrogen and oxygen atoms in total. The molecule has 0 aliphatic carbocycles. The topological polar surface area (TPSA) is 50.2 Å². The first-order valence-electron chi connectivity index (χ1n) is 5.62. The van der Waals surface area contributed by atoms with Gasteiger partial charge in [-0.1, -0.05) is 13.8 Å². The summed E-state index contributed by atoms with van der Waals surface area (Å²) in [7, 11) is 0. The highest BCUT2D eigenvalue weighted by Crippen LogP contribution is 2.30. The van der Waals surface area contributed by atoms with Crippen molar-refractivity contribution in [2.24, 2.45) is 5.41 Å². The fraction of sp³-hybridized carbons (Fsp3) is 0.385. The molecule has 0 aliphatic heterocycles. The van der Waals surface area contributed by atoms with E-state index in [1.807, 2.05) is 13.8 Å². The van der Waals surface area contributed by atoms with Crippen LogP contribution in [0.1, 0.15) is 25.3 Å². The summed E-state index contributed by atoms with van der Waals surface area (Å²) in [4.78, 5) is 15.2. The Morgan fingerprint density at radius 2 is 2.22 bits per heavy atom. The van der Waals surface area contributed by atoms with Gasteiger partial charge in [-0.2, -0.15) is 0 Å². The van der Waals surface area contributed by atoms with Gasteiger partial charge in [0.15, 0.2) is 0 Å². The standard InChI is InChI=1S/C13H14FNO2S/c1-13(2,7-12(16)17)6-11-15-9-4-3-8(14)5-10(9)18-11/h3-5H,6-7H2,1-2H3,(H,16,17). The summed E-state index contributed by atoms with van der Waals surface area (Å²) in [5.41, 5.74) is 0.417. The Balaban J connectivity index is 2.24. The second-order valence-corrected chi connectivity index (χ2v) is 6.25. The van der Waals surface area contributed by atoms with Gasteiger partial charge in [-0.25, -0.2) is 9.37 Å². The van der Waals surface area contributed by atoms with Crippen LogP contribution in [0.3, 0.4) is 0 Å². The predicted octanol–water partition coefficient (Wildman–Crippen LogP) is 3.48. The van der Waals surface area contributed by atoms with Gasteiger partial charge in [-0.3, -0.25) is 4.79 Å². The van der Waals surface area contributed by atoms with Crippen molar-refractivity contribution in [1.29, 1.82) is 0 Å². The van der Waals surface area contributed by atoms with Gasteiger partial charge in [0.1, 0.15) is 5.82 Å². The van der Waals surface area contributed by atoms with E-state index in [1.54, 1.807) is 6.07 Å². The van der Waals surface area contributed by atoms with Crippen LogP contribution in [0.25, 0.3) is 10.2 Å². The summed E-state index contributed by atoms with van der Waals surface area (Å²) in [5.74, 6) is -1.09. The third kappa shape index (κ3) is 3.04. The van der Waals surface area contributed by atoms with Crippen molar-refractivity contribution < 1.29 is 14.3 Å². The van der Waals surface area contributed by atoms with Crippen LogP contribution in [0.15, 0.2) is 18.2 Å². The summed E-state index contributed by atoms with van der Waals surface area (Å²) < 4.78 is 13.9. The first-order chi connectivity index (χ1) is 8.35. The molecule has 0 atom stereocenters. The summed E-state index contributed by atoms with van der Waals surface area (Å²) in [6.45, 7) is 3.79. The maximum absolute atomic E-state index is 13.1. The van der Waals surface area contributed by atoms with Gasteiger partial charge in [-0.15, -0.1) is 11.3 Å². The van der Waals surface area contributed by atoms with Crippen molar-refractivity contribution in [2.75, 3.05) is 0 Å². The van der Waals surface area contributed by atoms with Crippen LogP contribution in [-0.4, -0.2) is 16.1 Å². The maximum Gasteiger partial charge on any atom is 0.303 e. The van der Waals surface area contributed by atoms with Crippen molar-refractivity contribution >= 4 is 27.5 Å². The zero-order chi connectivity index (χ0) is 13.3. The minimum Gasteiger partial charge on any atom is -0.481 e. The molecule has 1 aromatic heterocycles. The van der Waals surface area contributed by atoms with Crippen molar-refractivity contribution in [3.8, 4) is 0 Å². The zero-order valence-corrected chi connectivity index (χ0v) is 11.1. The molecule has 0 aliphatic rings. The summed E-state index contributed by atoms with van der Waals surface area (Å²) in [6, 6.07) is 4.49. The number of benzene rings is 1. The fourth-order valence-electron chi connectivity index (χ4n) is 1.90. The van der Waals surface area contributed by atoms with E-state index in [0.29, 0.717) is 6.42 Å². The number of rotatable bonds is 4. The Bertz CT molecular complexity index is 592. The number of aliphatic carboxylic acids is 1. The van der Waals surface area contributed by atoms with Crippen LogP contribution in [0.2, 0.25) is 0 Å². The molecule has 0 bridgehead atoms. The molecule has 18 heavy (non-hydrogen) atoms. The smallest absolute Gasteiger partial charge is 0.303 e. The van der Waals surface area contributed by atoms with Gasteiger partial charge in [0.05, 0.1) is 21.6 Å². The van der Waals surface area contributed by atoms with E-state index in [0.717, 1.165) is 15.2 Å². The van der Waals surface area contributed by atoms with Crippen LogP contribution in [0.5, 0.6) is 0 Å². The zero-order valence-electron chi connectivity index (χ0n) is 10.2. The van der Waals surface area contributed by atoms with Gasteiger partial charge < -0.3 is 5.11 Å². The van der Waals surface area contributed by atoms with E-state index in [-0.39, 0.29) is 17.7 Å². The minimum absolute atomic E-state index is 0.0945. The molecule has 0 amide bonds. The Hall–Kier alpha value is -1.49. The van der Waals surface area contributed by atoms with E-state index in [2.05, 4.69) is 4.98 Å². The molecule has 0 unspecified atom stereocenters. The van der Waals surface area contributed by atoms with E-state index in [4.69, 9.17) is 5.11 Å². The molecule has 0 saturated carbocycles. The van der Waals surface area contributed by atoms with Crippen LogP contribution in [0, 0.1) is 11.2 Å². The predicted molar refractivity (Wildman–Crippen MR) is 69.3 cm³/mol. The van der Waals surface area contributed by atoms with Crippen LogP contribution in [0.4, 0.5) is 4.39 Å². The number of hydrogen-bond donors (Lipinski definition) is 1. The molecular weight excluding hydrogens is 253 g/mol. The van der Waals surface area contributed by atoms with Crippen molar-refractivity contribution in [1.82, 2.24) is 4.98 Å². The highest BCUT2D eigenvalue weighted by atomic mass is 32.1. The number of carboxylic acids is 1. The molecule has 1 heterocycles. The van der Waals surface area contributed by atoms with E-state index < -0.39 is 5.97 Å². The summed E-state index contributed by atoms with van der Waals surface area (Å²) in [6.07, 6.45) is 0.678. The molecule has 0 spiro atoms. The minimum atomic E-state index is -0.813. The lowest BCUT2D eigenvalue weighted by molar-refractivity contribution is -0.139. The Morgan fingerprint density at radius 1 is 1.50 bits per heavy atom. The Morgan fingerprint density at radius 3 is 2.89 bits per heavy atom. The highest BCUT2D eigenvalue weighted by molar-refractivity contribution is 7.18. The van der Waals surface area contributed by atoms with E-state index in [1.165, 1.54) is 23.5 Å². The molecule has 0 radical (unpaired) electrons. The number of aromatic nitrogens is 1.